The van der Waals surface area contributed by atoms with Gasteiger partial charge in [-0.15, -0.1) is 0 Å². The maximum Gasteiger partial charge on any atom is 0.227 e. The first kappa shape index (κ1) is 16.7. The number of piperidine rings is 2. The van der Waals surface area contributed by atoms with Crippen LogP contribution in [0.3, 0.4) is 0 Å². The summed E-state index contributed by atoms with van der Waals surface area (Å²) in [5, 5.41) is 0. The van der Waals surface area contributed by atoms with Crippen molar-refractivity contribution in [2.45, 2.75) is 32.0 Å². The number of rotatable bonds is 3. The van der Waals surface area contributed by atoms with Crippen molar-refractivity contribution in [2.24, 2.45) is 11.8 Å². The molecular formula is C18H26N4O3. The fourth-order valence-electron chi connectivity index (χ4n) is 4.14. The molecule has 0 spiro atoms. The molecule has 1 amide bonds. The van der Waals surface area contributed by atoms with Crippen LogP contribution in [0.1, 0.15) is 25.7 Å². The summed E-state index contributed by atoms with van der Waals surface area (Å²) in [6, 6.07) is 0. The first-order valence-corrected chi connectivity index (χ1v) is 9.34. The molecule has 0 radical (unpaired) electrons. The molecule has 3 saturated heterocycles. The molecule has 1 atom stereocenters. The van der Waals surface area contributed by atoms with Crippen molar-refractivity contribution >= 4 is 11.7 Å². The lowest BCUT2D eigenvalue weighted by Crippen LogP contribution is -2.48. The van der Waals surface area contributed by atoms with Crippen LogP contribution in [0, 0.1) is 11.8 Å². The number of likely N-dealkylation sites (tertiary alicyclic amines) is 1. The van der Waals surface area contributed by atoms with E-state index < -0.39 is 0 Å². The summed E-state index contributed by atoms with van der Waals surface area (Å²) < 4.78 is 11.2. The minimum Gasteiger partial charge on any atom is -0.355 e. The molecule has 3 aliphatic heterocycles. The average Bonchev–Trinajstić information content (AvgIpc) is 3.23. The van der Waals surface area contributed by atoms with E-state index in [-0.39, 0.29) is 12.2 Å². The van der Waals surface area contributed by atoms with Crippen molar-refractivity contribution in [1.29, 1.82) is 0 Å². The molecule has 0 aromatic carbocycles. The fraction of sp³-hybridized carbons (Fsp3) is 0.722. The van der Waals surface area contributed by atoms with Crippen molar-refractivity contribution in [1.82, 2.24) is 14.9 Å². The minimum absolute atomic E-state index is 0.0564. The Hall–Kier alpha value is -1.73. The van der Waals surface area contributed by atoms with E-state index in [1.807, 2.05) is 4.90 Å². The Balaban J connectivity index is 1.32. The predicted octanol–water partition coefficient (Wildman–Crippen LogP) is 1.30. The molecule has 1 unspecified atom stereocenters. The number of ether oxygens (including phenoxy) is 2. The van der Waals surface area contributed by atoms with Gasteiger partial charge in [0.1, 0.15) is 5.82 Å². The molecule has 1 aromatic rings. The quantitative estimate of drug-likeness (QED) is 0.822. The Morgan fingerprint density at radius 2 is 1.88 bits per heavy atom. The number of hydrogen-bond acceptors (Lipinski definition) is 6. The van der Waals surface area contributed by atoms with Gasteiger partial charge in [0.25, 0.3) is 0 Å². The highest BCUT2D eigenvalue weighted by Gasteiger charge is 2.35. The standard InChI is InChI=1S/C18H26N4O3/c23-17(21-8-3-14(4-9-21)18-24-10-11-25-18)15-2-1-7-22(13-15)16-12-19-5-6-20-16/h5-6,12,14-15,18H,1-4,7-11,13H2. The lowest BCUT2D eigenvalue weighted by Gasteiger charge is -2.38. The molecule has 4 rings (SSSR count). The van der Waals surface area contributed by atoms with E-state index in [4.69, 9.17) is 9.47 Å². The Labute approximate surface area is 148 Å². The smallest absolute Gasteiger partial charge is 0.227 e. The highest BCUT2D eigenvalue weighted by atomic mass is 16.7. The van der Waals surface area contributed by atoms with Crippen molar-refractivity contribution in [3.05, 3.63) is 18.6 Å². The fourth-order valence-corrected chi connectivity index (χ4v) is 4.14. The van der Waals surface area contributed by atoms with Crippen LogP contribution < -0.4 is 4.90 Å². The second-order valence-electron chi connectivity index (χ2n) is 7.12. The molecule has 0 aliphatic carbocycles. The van der Waals surface area contributed by atoms with Gasteiger partial charge < -0.3 is 19.3 Å². The molecule has 3 fully saturated rings. The van der Waals surface area contributed by atoms with Gasteiger partial charge in [0.05, 0.1) is 25.3 Å². The Bertz CT molecular complexity index is 571. The number of aromatic nitrogens is 2. The van der Waals surface area contributed by atoms with Crippen LogP contribution >= 0.6 is 0 Å². The van der Waals surface area contributed by atoms with Gasteiger partial charge in [0.15, 0.2) is 6.29 Å². The van der Waals surface area contributed by atoms with Crippen molar-refractivity contribution in [3.8, 4) is 0 Å². The zero-order valence-electron chi connectivity index (χ0n) is 14.5. The molecule has 0 saturated carbocycles. The Kier molecular flexibility index (Phi) is 5.12. The largest absolute Gasteiger partial charge is 0.355 e. The van der Waals surface area contributed by atoms with E-state index in [0.717, 1.165) is 57.7 Å². The number of amides is 1. The van der Waals surface area contributed by atoms with E-state index in [9.17, 15) is 4.79 Å². The van der Waals surface area contributed by atoms with Crippen LogP contribution in [0.25, 0.3) is 0 Å². The summed E-state index contributed by atoms with van der Waals surface area (Å²) in [7, 11) is 0. The minimum atomic E-state index is -0.0564. The van der Waals surface area contributed by atoms with Crippen molar-refractivity contribution in [3.63, 3.8) is 0 Å². The van der Waals surface area contributed by atoms with E-state index in [2.05, 4.69) is 14.9 Å². The van der Waals surface area contributed by atoms with E-state index in [1.165, 1.54) is 0 Å². The average molecular weight is 346 g/mol. The summed E-state index contributed by atoms with van der Waals surface area (Å²) in [5.41, 5.74) is 0. The van der Waals surface area contributed by atoms with Crippen molar-refractivity contribution in [2.75, 3.05) is 44.3 Å². The monoisotopic (exact) mass is 346 g/mol. The second kappa shape index (κ2) is 7.66. The van der Waals surface area contributed by atoms with Gasteiger partial charge in [0.2, 0.25) is 5.91 Å². The first-order chi connectivity index (χ1) is 12.3. The SMILES string of the molecule is O=C(C1CCCN(c2cnccn2)C1)N1CCC(C2OCCO2)CC1. The summed E-state index contributed by atoms with van der Waals surface area (Å²) in [4.78, 5) is 25.7. The number of hydrogen-bond donors (Lipinski definition) is 0. The van der Waals surface area contributed by atoms with E-state index >= 15 is 0 Å². The van der Waals surface area contributed by atoms with Gasteiger partial charge in [-0.25, -0.2) is 4.98 Å². The number of anilines is 1. The van der Waals surface area contributed by atoms with Crippen LogP contribution in [0.4, 0.5) is 5.82 Å². The van der Waals surface area contributed by atoms with E-state index in [0.29, 0.717) is 25.0 Å². The highest BCUT2D eigenvalue weighted by Crippen LogP contribution is 2.28. The van der Waals surface area contributed by atoms with Gasteiger partial charge in [-0.3, -0.25) is 9.78 Å². The molecule has 0 bridgehead atoms. The van der Waals surface area contributed by atoms with Crippen LogP contribution in [-0.4, -0.2) is 66.5 Å². The molecule has 3 aliphatic rings. The maximum atomic E-state index is 13.0. The van der Waals surface area contributed by atoms with Crippen LogP contribution in [-0.2, 0) is 14.3 Å². The summed E-state index contributed by atoms with van der Waals surface area (Å²) >= 11 is 0. The Morgan fingerprint density at radius 3 is 2.60 bits per heavy atom. The molecular weight excluding hydrogens is 320 g/mol. The summed E-state index contributed by atoms with van der Waals surface area (Å²) in [6.07, 6.45) is 9.03. The molecule has 0 N–H and O–H groups in total. The highest BCUT2D eigenvalue weighted by molar-refractivity contribution is 5.79. The van der Waals surface area contributed by atoms with Gasteiger partial charge in [-0.05, 0) is 25.7 Å². The van der Waals surface area contributed by atoms with Crippen LogP contribution in [0.5, 0.6) is 0 Å². The number of nitrogens with zero attached hydrogens (tertiary/aromatic N) is 4. The Morgan fingerprint density at radius 1 is 1.08 bits per heavy atom. The molecule has 136 valence electrons. The van der Waals surface area contributed by atoms with Crippen LogP contribution in [0.15, 0.2) is 18.6 Å². The molecule has 4 heterocycles. The summed E-state index contributed by atoms with van der Waals surface area (Å²) in [5.74, 6) is 1.65. The van der Waals surface area contributed by atoms with Gasteiger partial charge in [-0.1, -0.05) is 0 Å². The zero-order valence-corrected chi connectivity index (χ0v) is 14.5. The third-order valence-corrected chi connectivity index (χ3v) is 5.53. The molecule has 7 heteroatoms. The number of carbonyl (C=O) groups is 1. The lowest BCUT2D eigenvalue weighted by molar-refractivity contribution is -0.141. The van der Waals surface area contributed by atoms with Gasteiger partial charge in [-0.2, -0.15) is 0 Å². The molecule has 1 aromatic heterocycles. The van der Waals surface area contributed by atoms with Gasteiger partial charge in [0, 0.05) is 44.5 Å². The van der Waals surface area contributed by atoms with Crippen LogP contribution in [0.2, 0.25) is 0 Å². The molecule has 7 nitrogen and oxygen atoms in total. The number of carbonyl (C=O) groups excluding carboxylic acids is 1. The van der Waals surface area contributed by atoms with E-state index in [1.54, 1.807) is 18.6 Å². The van der Waals surface area contributed by atoms with Crippen molar-refractivity contribution < 1.29 is 14.3 Å². The third kappa shape index (κ3) is 3.77. The summed E-state index contributed by atoms with van der Waals surface area (Å²) in [6.45, 7) is 4.71. The lowest BCUT2D eigenvalue weighted by atomic mass is 9.92. The normalized spacial score (nSPS) is 26.2. The second-order valence-corrected chi connectivity index (χ2v) is 7.12. The predicted molar refractivity (Wildman–Crippen MR) is 92.0 cm³/mol. The van der Waals surface area contributed by atoms with Gasteiger partial charge >= 0.3 is 0 Å². The zero-order chi connectivity index (χ0) is 17.1. The third-order valence-electron chi connectivity index (χ3n) is 5.53. The first-order valence-electron chi connectivity index (χ1n) is 9.34. The topological polar surface area (TPSA) is 67.8 Å². The maximum absolute atomic E-state index is 13.0. The molecule has 25 heavy (non-hydrogen) atoms.